The lowest BCUT2D eigenvalue weighted by Gasteiger charge is -2.24. The van der Waals surface area contributed by atoms with E-state index in [1.54, 1.807) is 0 Å². The van der Waals surface area contributed by atoms with Gasteiger partial charge in [0.05, 0.1) is 12.4 Å². The quantitative estimate of drug-likeness (QED) is 0.117. The first-order valence-electron chi connectivity index (χ1n) is 10.3. The van der Waals surface area contributed by atoms with Gasteiger partial charge in [0.1, 0.15) is 18.1 Å². The van der Waals surface area contributed by atoms with Crippen molar-refractivity contribution in [3.05, 3.63) is 18.2 Å². The zero-order valence-corrected chi connectivity index (χ0v) is 20.2. The standard InChI is InChI=1S/C19H30N6O7S2/c1-34-5-4-13(23-16(28)11(20)8-33)18(30)24-12(2-3-15(26)27)17(29)25-14(19(31)32)6-10-7-21-9-22-10/h7,9,11-14,33H,2-6,8,20H2,1H3,(H,21,22)(H,23,28)(H,24,30)(H,25,29)(H,26,27)(H,31,32). The summed E-state index contributed by atoms with van der Waals surface area (Å²) >= 11 is 5.39. The molecular weight excluding hydrogens is 488 g/mol. The van der Waals surface area contributed by atoms with Gasteiger partial charge in [-0.3, -0.25) is 19.2 Å². The maximum absolute atomic E-state index is 12.9. The molecule has 15 heteroatoms. The van der Waals surface area contributed by atoms with E-state index in [1.165, 1.54) is 24.3 Å². The Labute approximate surface area is 205 Å². The number of carbonyl (C=O) groups excluding carboxylic acids is 3. The Morgan fingerprint density at radius 2 is 1.65 bits per heavy atom. The maximum atomic E-state index is 12.9. The first kappa shape index (κ1) is 29.3. The summed E-state index contributed by atoms with van der Waals surface area (Å²) in [6.07, 6.45) is 3.95. The second kappa shape index (κ2) is 15.2. The summed E-state index contributed by atoms with van der Waals surface area (Å²) in [5, 5.41) is 25.7. The summed E-state index contributed by atoms with van der Waals surface area (Å²) in [5.74, 6) is -4.16. The van der Waals surface area contributed by atoms with Crippen LogP contribution in [0.3, 0.4) is 0 Å². The van der Waals surface area contributed by atoms with E-state index in [9.17, 15) is 29.1 Å². The summed E-state index contributed by atoms with van der Waals surface area (Å²) < 4.78 is 0. The van der Waals surface area contributed by atoms with Crippen molar-refractivity contribution in [1.82, 2.24) is 25.9 Å². The molecule has 3 amide bonds. The van der Waals surface area contributed by atoms with Crippen LogP contribution in [0.15, 0.2) is 12.5 Å². The predicted octanol–water partition coefficient (Wildman–Crippen LogP) is -1.63. The monoisotopic (exact) mass is 518 g/mol. The molecule has 0 aromatic carbocycles. The minimum absolute atomic E-state index is 0.0548. The molecule has 1 heterocycles. The summed E-state index contributed by atoms with van der Waals surface area (Å²) in [4.78, 5) is 67.0. The van der Waals surface area contributed by atoms with Crippen molar-refractivity contribution >= 4 is 54.1 Å². The Morgan fingerprint density at radius 3 is 2.15 bits per heavy atom. The van der Waals surface area contributed by atoms with Crippen molar-refractivity contribution in [2.75, 3.05) is 17.8 Å². The molecule has 1 aromatic heterocycles. The number of carboxylic acids is 2. The molecule has 1 aromatic rings. The summed E-state index contributed by atoms with van der Waals surface area (Å²) in [5.41, 5.74) is 6.10. The molecule has 13 nitrogen and oxygen atoms in total. The summed E-state index contributed by atoms with van der Waals surface area (Å²) in [7, 11) is 0. The molecule has 0 radical (unpaired) electrons. The van der Waals surface area contributed by atoms with Gasteiger partial charge in [-0.15, -0.1) is 0 Å². The SMILES string of the molecule is CSCCC(NC(=O)C(N)CS)C(=O)NC(CCC(=O)O)C(=O)NC(Cc1cnc[nH]1)C(=O)O. The zero-order chi connectivity index (χ0) is 25.7. The van der Waals surface area contributed by atoms with Crippen LogP contribution in [0.4, 0.5) is 0 Å². The number of aliphatic carboxylic acids is 2. The lowest BCUT2D eigenvalue weighted by molar-refractivity contribution is -0.143. The van der Waals surface area contributed by atoms with Crippen LogP contribution >= 0.6 is 24.4 Å². The van der Waals surface area contributed by atoms with E-state index in [-0.39, 0.29) is 25.0 Å². The van der Waals surface area contributed by atoms with Crippen LogP contribution in [0.5, 0.6) is 0 Å². The lowest BCUT2D eigenvalue weighted by atomic mass is 10.1. The topological polar surface area (TPSA) is 217 Å². The fraction of sp³-hybridized carbons (Fsp3) is 0.579. The number of carbonyl (C=O) groups is 5. The molecule has 0 bridgehead atoms. The van der Waals surface area contributed by atoms with Crippen LogP contribution in [-0.4, -0.2) is 91.8 Å². The first-order valence-corrected chi connectivity index (χ1v) is 12.3. The van der Waals surface area contributed by atoms with E-state index in [0.29, 0.717) is 11.4 Å². The molecule has 34 heavy (non-hydrogen) atoms. The van der Waals surface area contributed by atoms with Crippen molar-refractivity contribution in [1.29, 1.82) is 0 Å². The average molecular weight is 519 g/mol. The number of amides is 3. The van der Waals surface area contributed by atoms with Gasteiger partial charge in [0, 0.05) is 30.5 Å². The number of thioether (sulfide) groups is 1. The second-order valence-electron chi connectivity index (χ2n) is 7.31. The van der Waals surface area contributed by atoms with Gasteiger partial charge < -0.3 is 36.9 Å². The molecule has 8 N–H and O–H groups in total. The number of rotatable bonds is 16. The van der Waals surface area contributed by atoms with Crippen LogP contribution in [0, 0.1) is 0 Å². The number of nitrogens with one attached hydrogen (secondary N) is 4. The van der Waals surface area contributed by atoms with Gasteiger partial charge in [0.2, 0.25) is 17.7 Å². The molecule has 0 spiro atoms. The summed E-state index contributed by atoms with van der Waals surface area (Å²) in [6, 6.07) is -4.68. The van der Waals surface area contributed by atoms with E-state index in [0.717, 1.165) is 0 Å². The average Bonchev–Trinajstić information content (AvgIpc) is 3.30. The molecule has 1 rings (SSSR count). The van der Waals surface area contributed by atoms with Gasteiger partial charge >= 0.3 is 11.9 Å². The van der Waals surface area contributed by atoms with Crippen molar-refractivity contribution in [3.63, 3.8) is 0 Å². The normalized spacial score (nSPS) is 14.3. The molecule has 4 unspecified atom stereocenters. The van der Waals surface area contributed by atoms with E-state index >= 15 is 0 Å². The Morgan fingerprint density at radius 1 is 1.06 bits per heavy atom. The molecule has 0 aliphatic rings. The van der Waals surface area contributed by atoms with Gasteiger partial charge in [0.25, 0.3) is 0 Å². The number of aromatic nitrogens is 2. The Kier molecular flexibility index (Phi) is 13.1. The number of hydrogen-bond donors (Lipinski definition) is 8. The first-order chi connectivity index (χ1) is 16.1. The minimum atomic E-state index is -1.35. The van der Waals surface area contributed by atoms with Gasteiger partial charge in [-0.2, -0.15) is 24.4 Å². The summed E-state index contributed by atoms with van der Waals surface area (Å²) in [6.45, 7) is 0. The molecule has 0 saturated carbocycles. The Balaban J connectivity index is 2.97. The molecule has 190 valence electrons. The van der Waals surface area contributed by atoms with Crippen LogP contribution in [0.1, 0.15) is 25.0 Å². The number of thiol groups is 1. The molecule has 0 fully saturated rings. The van der Waals surface area contributed by atoms with Gasteiger partial charge in [0.15, 0.2) is 0 Å². The highest BCUT2D eigenvalue weighted by atomic mass is 32.2. The van der Waals surface area contributed by atoms with Crippen LogP contribution in [0.25, 0.3) is 0 Å². The van der Waals surface area contributed by atoms with Crippen molar-refractivity contribution in [2.45, 2.75) is 49.9 Å². The number of aromatic amines is 1. The van der Waals surface area contributed by atoms with Gasteiger partial charge in [-0.1, -0.05) is 0 Å². The van der Waals surface area contributed by atoms with Gasteiger partial charge in [-0.05, 0) is 24.9 Å². The fourth-order valence-corrected chi connectivity index (χ4v) is 3.40. The van der Waals surface area contributed by atoms with Crippen molar-refractivity contribution in [3.8, 4) is 0 Å². The van der Waals surface area contributed by atoms with Crippen LogP contribution in [-0.2, 0) is 30.4 Å². The van der Waals surface area contributed by atoms with E-state index in [4.69, 9.17) is 10.8 Å². The largest absolute Gasteiger partial charge is 0.481 e. The number of nitrogens with zero attached hydrogens (tertiary/aromatic N) is 1. The Bertz CT molecular complexity index is 839. The number of imidazole rings is 1. The van der Waals surface area contributed by atoms with E-state index < -0.39 is 60.2 Å². The zero-order valence-electron chi connectivity index (χ0n) is 18.5. The third-order valence-electron chi connectivity index (χ3n) is 4.65. The second-order valence-corrected chi connectivity index (χ2v) is 8.66. The lowest BCUT2D eigenvalue weighted by Crippen LogP contribution is -2.57. The molecule has 4 atom stereocenters. The van der Waals surface area contributed by atoms with Crippen LogP contribution in [0.2, 0.25) is 0 Å². The van der Waals surface area contributed by atoms with Crippen molar-refractivity contribution in [2.24, 2.45) is 5.73 Å². The van der Waals surface area contributed by atoms with E-state index in [1.807, 2.05) is 6.26 Å². The Hall–Kier alpha value is -2.78. The van der Waals surface area contributed by atoms with Gasteiger partial charge in [-0.25, -0.2) is 9.78 Å². The molecule has 0 aliphatic heterocycles. The van der Waals surface area contributed by atoms with Crippen LogP contribution < -0.4 is 21.7 Å². The van der Waals surface area contributed by atoms with Crippen molar-refractivity contribution < 1.29 is 34.2 Å². The molecular formula is C19H30N6O7S2. The van der Waals surface area contributed by atoms with E-state index in [2.05, 4.69) is 38.5 Å². The molecule has 0 saturated heterocycles. The predicted molar refractivity (Wildman–Crippen MR) is 127 cm³/mol. The highest BCUT2D eigenvalue weighted by molar-refractivity contribution is 7.98. The minimum Gasteiger partial charge on any atom is -0.481 e. The highest BCUT2D eigenvalue weighted by Crippen LogP contribution is 2.06. The maximum Gasteiger partial charge on any atom is 0.326 e. The number of hydrogen-bond acceptors (Lipinski definition) is 9. The number of carboxylic acid groups (broad SMARTS) is 2. The third kappa shape index (κ3) is 10.4. The fourth-order valence-electron chi connectivity index (χ4n) is 2.76. The number of nitrogens with two attached hydrogens (primary N) is 1. The molecule has 0 aliphatic carbocycles. The smallest absolute Gasteiger partial charge is 0.326 e. The third-order valence-corrected chi connectivity index (χ3v) is 5.69. The highest BCUT2D eigenvalue weighted by Gasteiger charge is 2.30. The number of H-pyrrole nitrogens is 1.